The first-order valence-corrected chi connectivity index (χ1v) is 10.7. The highest BCUT2D eigenvalue weighted by atomic mass is 16.4. The zero-order chi connectivity index (χ0) is 22.6. The highest BCUT2D eigenvalue weighted by Gasteiger charge is 2.28. The molecule has 6 heteroatoms. The van der Waals surface area contributed by atoms with Gasteiger partial charge in [0.2, 0.25) is 0 Å². The molecule has 170 valence electrons. The van der Waals surface area contributed by atoms with Crippen LogP contribution >= 0.6 is 0 Å². The highest BCUT2D eigenvalue weighted by molar-refractivity contribution is 5.66. The van der Waals surface area contributed by atoms with Gasteiger partial charge in [-0.05, 0) is 18.8 Å². The predicted molar refractivity (Wildman–Crippen MR) is 115 cm³/mol. The highest BCUT2D eigenvalue weighted by Crippen LogP contribution is 2.24. The summed E-state index contributed by atoms with van der Waals surface area (Å²) < 4.78 is 0. The Kier molecular flexibility index (Phi) is 23.2. The third kappa shape index (κ3) is 24.9. The van der Waals surface area contributed by atoms with E-state index in [9.17, 15) is 14.7 Å². The monoisotopic (exact) mass is 406 g/mol. The van der Waals surface area contributed by atoms with Crippen molar-refractivity contribution in [1.82, 2.24) is 0 Å². The van der Waals surface area contributed by atoms with Crippen LogP contribution in [-0.4, -0.2) is 45.1 Å². The van der Waals surface area contributed by atoms with Crippen LogP contribution in [0.3, 0.4) is 0 Å². The van der Waals surface area contributed by atoms with E-state index in [-0.39, 0.29) is 17.9 Å². The molecule has 0 saturated heterocycles. The molecule has 0 aliphatic carbocycles. The molecule has 6 nitrogen and oxygen atoms in total. The van der Waals surface area contributed by atoms with Gasteiger partial charge >= 0.3 is 11.9 Å². The number of aliphatic carboxylic acids is 2. The van der Waals surface area contributed by atoms with Crippen molar-refractivity contribution in [2.75, 3.05) is 6.61 Å². The summed E-state index contributed by atoms with van der Waals surface area (Å²) in [6.45, 7) is 11.9. The molecule has 1 unspecified atom stereocenters. The van der Waals surface area contributed by atoms with Gasteiger partial charge in [0.25, 0.3) is 0 Å². The molecule has 0 amide bonds. The normalized spacial score (nSPS) is 11.8. The summed E-state index contributed by atoms with van der Waals surface area (Å²) in [5.41, 5.74) is -0.367. The maximum atomic E-state index is 9.96. The van der Waals surface area contributed by atoms with E-state index < -0.39 is 18.0 Å². The molecule has 0 saturated carbocycles. The van der Waals surface area contributed by atoms with Crippen LogP contribution in [0.25, 0.3) is 0 Å². The van der Waals surface area contributed by atoms with Crippen LogP contribution < -0.4 is 0 Å². The summed E-state index contributed by atoms with van der Waals surface area (Å²) in [6.07, 6.45) is 8.69. The van der Waals surface area contributed by atoms with Crippen LogP contribution in [0.4, 0.5) is 0 Å². The minimum atomic E-state index is -0.675. The fourth-order valence-corrected chi connectivity index (χ4v) is 2.40. The van der Waals surface area contributed by atoms with E-state index in [1.54, 1.807) is 0 Å². The lowest BCUT2D eigenvalue weighted by atomic mass is 9.82. The molecule has 0 rings (SSSR count). The van der Waals surface area contributed by atoms with E-state index in [0.717, 1.165) is 38.5 Å². The van der Waals surface area contributed by atoms with E-state index in [2.05, 4.69) is 13.8 Å². The van der Waals surface area contributed by atoms with Crippen molar-refractivity contribution in [2.24, 2.45) is 11.3 Å². The maximum Gasteiger partial charge on any atom is 0.303 e. The lowest BCUT2D eigenvalue weighted by Gasteiger charge is -2.30. The van der Waals surface area contributed by atoms with Gasteiger partial charge in [0.15, 0.2) is 0 Å². The molecule has 0 spiro atoms. The second-order valence-electron chi connectivity index (χ2n) is 8.24. The quantitative estimate of drug-likeness (QED) is 0.316. The minimum Gasteiger partial charge on any atom is -0.481 e. The van der Waals surface area contributed by atoms with Crippen molar-refractivity contribution in [3.05, 3.63) is 0 Å². The molecule has 0 aliphatic heterocycles. The van der Waals surface area contributed by atoms with Crippen molar-refractivity contribution in [2.45, 2.75) is 112 Å². The lowest BCUT2D eigenvalue weighted by molar-refractivity contribution is -0.138. The molecule has 0 fully saturated rings. The first kappa shape index (κ1) is 31.6. The van der Waals surface area contributed by atoms with Gasteiger partial charge in [0, 0.05) is 18.3 Å². The molecule has 0 bridgehead atoms. The van der Waals surface area contributed by atoms with Gasteiger partial charge in [-0.15, -0.1) is 0 Å². The number of unbranched alkanes of at least 4 members (excludes halogenated alkanes) is 6. The molecule has 28 heavy (non-hydrogen) atoms. The van der Waals surface area contributed by atoms with Crippen molar-refractivity contribution in [1.29, 1.82) is 0 Å². The van der Waals surface area contributed by atoms with Crippen LogP contribution in [0.2, 0.25) is 0 Å². The van der Waals surface area contributed by atoms with E-state index >= 15 is 0 Å². The summed E-state index contributed by atoms with van der Waals surface area (Å²) in [4.78, 5) is 19.9. The van der Waals surface area contributed by atoms with Gasteiger partial charge in [-0.25, -0.2) is 0 Å². The number of hydrogen-bond acceptors (Lipinski definition) is 4. The smallest absolute Gasteiger partial charge is 0.303 e. The van der Waals surface area contributed by atoms with Crippen LogP contribution in [-0.2, 0) is 9.59 Å². The van der Waals surface area contributed by atoms with Gasteiger partial charge in [0.1, 0.15) is 0 Å². The number of aliphatic hydroxyl groups excluding tert-OH is 2. The SMILES string of the molecule is CC(C)C(O)C(C)(C)CO.CCCCCCC(=O)O.CCCCCCC(=O)O. The second-order valence-corrected chi connectivity index (χ2v) is 8.24. The van der Waals surface area contributed by atoms with E-state index in [1.807, 2.05) is 27.7 Å². The Bertz CT molecular complexity index is 344. The number of rotatable bonds is 13. The average Bonchev–Trinajstić information content (AvgIpc) is 2.62. The third-order valence-corrected chi connectivity index (χ3v) is 4.33. The summed E-state index contributed by atoms with van der Waals surface area (Å²) in [6, 6.07) is 0. The van der Waals surface area contributed by atoms with Gasteiger partial charge in [0.05, 0.1) is 12.7 Å². The molecule has 0 aromatic carbocycles. The molecule has 0 aromatic heterocycles. The number of carboxylic acids is 2. The molecule has 0 aromatic rings. The van der Waals surface area contributed by atoms with Gasteiger partial charge in [-0.2, -0.15) is 0 Å². The van der Waals surface area contributed by atoms with Gasteiger partial charge in [-0.3, -0.25) is 9.59 Å². The molecule has 1 atom stereocenters. The summed E-state index contributed by atoms with van der Waals surface area (Å²) in [5.74, 6) is -1.14. The van der Waals surface area contributed by atoms with E-state index in [4.69, 9.17) is 15.3 Å². The zero-order valence-corrected chi connectivity index (χ0v) is 19.0. The molecular formula is C22H46O6. The first-order chi connectivity index (χ1) is 13.0. The first-order valence-electron chi connectivity index (χ1n) is 10.7. The molecular weight excluding hydrogens is 360 g/mol. The Morgan fingerprint density at radius 1 is 0.786 bits per heavy atom. The van der Waals surface area contributed by atoms with Crippen LogP contribution in [0.5, 0.6) is 0 Å². The maximum absolute atomic E-state index is 9.96. The number of carbonyl (C=O) groups is 2. The van der Waals surface area contributed by atoms with Gasteiger partial charge < -0.3 is 20.4 Å². The lowest BCUT2D eigenvalue weighted by Crippen LogP contribution is -2.36. The van der Waals surface area contributed by atoms with E-state index in [0.29, 0.717) is 12.8 Å². The Morgan fingerprint density at radius 3 is 1.32 bits per heavy atom. The van der Waals surface area contributed by atoms with Crippen molar-refractivity contribution in [3.63, 3.8) is 0 Å². The molecule has 4 N–H and O–H groups in total. The Balaban J connectivity index is -0.000000336. The van der Waals surface area contributed by atoms with Crippen LogP contribution in [0, 0.1) is 11.3 Å². The zero-order valence-electron chi connectivity index (χ0n) is 19.0. The van der Waals surface area contributed by atoms with Crippen LogP contribution in [0.15, 0.2) is 0 Å². The van der Waals surface area contributed by atoms with Crippen LogP contribution in [0.1, 0.15) is 106 Å². The predicted octanol–water partition coefficient (Wildman–Crippen LogP) is 5.10. The average molecular weight is 407 g/mol. The number of carboxylic acid groups (broad SMARTS) is 2. The molecule has 0 radical (unpaired) electrons. The second kappa shape index (κ2) is 20.6. The fourth-order valence-electron chi connectivity index (χ4n) is 2.40. The summed E-state index contributed by atoms with van der Waals surface area (Å²) in [5, 5.41) is 34.8. The number of aliphatic hydroxyl groups is 2. The Hall–Kier alpha value is -1.14. The van der Waals surface area contributed by atoms with Gasteiger partial charge in [-0.1, -0.05) is 80.1 Å². The van der Waals surface area contributed by atoms with Crippen molar-refractivity contribution < 1.29 is 30.0 Å². The molecule has 0 aliphatic rings. The topological polar surface area (TPSA) is 115 Å². The van der Waals surface area contributed by atoms with E-state index in [1.165, 1.54) is 12.8 Å². The number of hydrogen-bond donors (Lipinski definition) is 4. The third-order valence-electron chi connectivity index (χ3n) is 4.33. The standard InChI is InChI=1S/C8H18O2.2C7H14O2/c1-6(2)7(10)8(3,4)5-9;2*1-2-3-4-5-6-7(8)9/h6-7,9-10H,5H2,1-4H3;2*2-6H2,1H3,(H,8,9). The fraction of sp³-hybridized carbons (Fsp3) is 0.909. The Labute approximate surface area is 172 Å². The summed E-state index contributed by atoms with van der Waals surface area (Å²) in [7, 11) is 0. The Morgan fingerprint density at radius 2 is 1.14 bits per heavy atom. The van der Waals surface area contributed by atoms with Crippen molar-refractivity contribution in [3.8, 4) is 0 Å². The largest absolute Gasteiger partial charge is 0.481 e. The van der Waals surface area contributed by atoms with Crippen molar-refractivity contribution >= 4 is 11.9 Å². The molecule has 0 heterocycles. The minimum absolute atomic E-state index is 0.0341. The summed E-state index contributed by atoms with van der Waals surface area (Å²) >= 11 is 0.